The van der Waals surface area contributed by atoms with E-state index in [0.29, 0.717) is 12.7 Å². The maximum Gasteiger partial charge on any atom is 0.119 e. The summed E-state index contributed by atoms with van der Waals surface area (Å²) in [6.45, 7) is 4.87. The van der Waals surface area contributed by atoms with E-state index in [4.69, 9.17) is 9.47 Å². The van der Waals surface area contributed by atoms with Gasteiger partial charge in [-0.1, -0.05) is 17.7 Å². The van der Waals surface area contributed by atoms with Crippen molar-refractivity contribution in [3.8, 4) is 5.75 Å². The van der Waals surface area contributed by atoms with Crippen LogP contribution in [0, 0.1) is 6.92 Å². The van der Waals surface area contributed by atoms with Crippen LogP contribution in [0.1, 0.15) is 25.3 Å². The lowest BCUT2D eigenvalue weighted by molar-refractivity contribution is 0.0264. The van der Waals surface area contributed by atoms with Crippen LogP contribution in [0.25, 0.3) is 0 Å². The molecule has 0 N–H and O–H groups in total. The molecule has 1 aliphatic heterocycles. The molecule has 1 saturated heterocycles. The Bertz CT molecular complexity index is 305. The summed E-state index contributed by atoms with van der Waals surface area (Å²) in [7, 11) is 0. The summed E-state index contributed by atoms with van der Waals surface area (Å²) in [5.41, 5.74) is 1.26. The zero-order chi connectivity index (χ0) is 10.7. The first-order valence-electron chi connectivity index (χ1n) is 5.59. The smallest absolute Gasteiger partial charge is 0.119 e. The topological polar surface area (TPSA) is 18.5 Å². The van der Waals surface area contributed by atoms with E-state index >= 15 is 0 Å². The molecule has 1 fully saturated rings. The molecular formula is C13H18O2. The lowest BCUT2D eigenvalue weighted by Gasteiger charge is -2.12. The SMILES string of the molecule is Cc1ccc(OCC2CCC(C)O2)cc1. The molecule has 2 heteroatoms. The van der Waals surface area contributed by atoms with Gasteiger partial charge in [0.05, 0.1) is 12.2 Å². The van der Waals surface area contributed by atoms with Crippen LogP contribution < -0.4 is 4.74 Å². The maximum absolute atomic E-state index is 5.68. The fourth-order valence-electron chi connectivity index (χ4n) is 1.83. The molecule has 15 heavy (non-hydrogen) atoms. The van der Waals surface area contributed by atoms with Gasteiger partial charge in [-0.15, -0.1) is 0 Å². The Kier molecular flexibility index (Phi) is 3.27. The first-order chi connectivity index (χ1) is 7.24. The van der Waals surface area contributed by atoms with Crippen LogP contribution in [0.4, 0.5) is 0 Å². The summed E-state index contributed by atoms with van der Waals surface area (Å²) in [5, 5.41) is 0. The van der Waals surface area contributed by atoms with Gasteiger partial charge >= 0.3 is 0 Å². The Labute approximate surface area is 91.2 Å². The molecule has 0 radical (unpaired) electrons. The first-order valence-corrected chi connectivity index (χ1v) is 5.59. The number of hydrogen-bond donors (Lipinski definition) is 0. The number of benzene rings is 1. The highest BCUT2D eigenvalue weighted by Gasteiger charge is 2.21. The van der Waals surface area contributed by atoms with Gasteiger partial charge < -0.3 is 9.47 Å². The van der Waals surface area contributed by atoms with Crippen molar-refractivity contribution in [2.75, 3.05) is 6.61 Å². The highest BCUT2D eigenvalue weighted by atomic mass is 16.5. The molecule has 2 atom stereocenters. The van der Waals surface area contributed by atoms with Gasteiger partial charge in [-0.3, -0.25) is 0 Å². The Balaban J connectivity index is 1.80. The number of rotatable bonds is 3. The summed E-state index contributed by atoms with van der Waals surface area (Å²) < 4.78 is 11.3. The molecule has 0 spiro atoms. The monoisotopic (exact) mass is 206 g/mol. The molecule has 2 nitrogen and oxygen atoms in total. The van der Waals surface area contributed by atoms with E-state index in [0.717, 1.165) is 18.6 Å². The molecule has 2 rings (SSSR count). The standard InChI is InChI=1S/C13H18O2/c1-10-3-6-12(7-4-10)14-9-13-8-5-11(2)15-13/h3-4,6-7,11,13H,5,8-9H2,1-2H3. The Hall–Kier alpha value is -1.02. The molecule has 0 saturated carbocycles. The van der Waals surface area contributed by atoms with Crippen molar-refractivity contribution in [3.05, 3.63) is 29.8 Å². The van der Waals surface area contributed by atoms with E-state index in [1.165, 1.54) is 5.56 Å². The summed E-state index contributed by atoms with van der Waals surface area (Å²) >= 11 is 0. The van der Waals surface area contributed by atoms with Crippen LogP contribution in [0.5, 0.6) is 5.75 Å². The van der Waals surface area contributed by atoms with Gasteiger partial charge in [0.1, 0.15) is 12.4 Å². The van der Waals surface area contributed by atoms with E-state index < -0.39 is 0 Å². The van der Waals surface area contributed by atoms with E-state index in [1.54, 1.807) is 0 Å². The average Bonchev–Trinajstić information content (AvgIpc) is 2.64. The van der Waals surface area contributed by atoms with Gasteiger partial charge in [0.2, 0.25) is 0 Å². The van der Waals surface area contributed by atoms with Crippen molar-refractivity contribution in [2.24, 2.45) is 0 Å². The summed E-state index contributed by atoms with van der Waals surface area (Å²) in [6.07, 6.45) is 2.95. The molecule has 1 aliphatic rings. The lowest BCUT2D eigenvalue weighted by Crippen LogP contribution is -2.17. The summed E-state index contributed by atoms with van der Waals surface area (Å²) in [5.74, 6) is 0.934. The summed E-state index contributed by atoms with van der Waals surface area (Å²) in [6, 6.07) is 8.14. The third kappa shape index (κ3) is 2.96. The average molecular weight is 206 g/mol. The minimum atomic E-state index is 0.279. The molecule has 82 valence electrons. The van der Waals surface area contributed by atoms with E-state index in [2.05, 4.69) is 26.0 Å². The molecule has 0 aromatic heterocycles. The normalized spacial score (nSPS) is 25.5. The van der Waals surface area contributed by atoms with Gasteiger partial charge in [0.15, 0.2) is 0 Å². The minimum Gasteiger partial charge on any atom is -0.491 e. The first kappa shape index (κ1) is 10.5. The largest absolute Gasteiger partial charge is 0.491 e. The second-order valence-corrected chi connectivity index (χ2v) is 4.27. The van der Waals surface area contributed by atoms with Crippen molar-refractivity contribution >= 4 is 0 Å². The second kappa shape index (κ2) is 4.67. The zero-order valence-corrected chi connectivity index (χ0v) is 9.40. The molecule has 1 aromatic carbocycles. The molecule has 0 aliphatic carbocycles. The highest BCUT2D eigenvalue weighted by molar-refractivity contribution is 5.26. The molecule has 1 heterocycles. The zero-order valence-electron chi connectivity index (χ0n) is 9.40. The van der Waals surface area contributed by atoms with Crippen molar-refractivity contribution < 1.29 is 9.47 Å². The van der Waals surface area contributed by atoms with Gasteiger partial charge in [-0.2, -0.15) is 0 Å². The lowest BCUT2D eigenvalue weighted by atomic mass is 10.2. The van der Waals surface area contributed by atoms with Crippen molar-refractivity contribution in [1.82, 2.24) is 0 Å². The maximum atomic E-state index is 5.68. The summed E-state index contributed by atoms with van der Waals surface area (Å²) in [4.78, 5) is 0. The molecule has 2 unspecified atom stereocenters. The van der Waals surface area contributed by atoms with E-state index in [1.807, 2.05) is 12.1 Å². The van der Waals surface area contributed by atoms with Gasteiger partial charge in [-0.05, 0) is 38.8 Å². The number of hydrogen-bond acceptors (Lipinski definition) is 2. The fraction of sp³-hybridized carbons (Fsp3) is 0.538. The van der Waals surface area contributed by atoms with Gasteiger partial charge in [0.25, 0.3) is 0 Å². The molecule has 0 amide bonds. The predicted molar refractivity (Wildman–Crippen MR) is 60.2 cm³/mol. The molecule has 1 aromatic rings. The third-order valence-corrected chi connectivity index (χ3v) is 2.78. The Morgan fingerprint density at radius 2 is 2.00 bits per heavy atom. The Morgan fingerprint density at radius 3 is 2.60 bits per heavy atom. The molecule has 0 bridgehead atoms. The van der Waals surface area contributed by atoms with Crippen LogP contribution in [0.2, 0.25) is 0 Å². The second-order valence-electron chi connectivity index (χ2n) is 4.27. The van der Waals surface area contributed by atoms with Crippen LogP contribution in [0.3, 0.4) is 0 Å². The quantitative estimate of drug-likeness (QED) is 0.757. The predicted octanol–water partition coefficient (Wildman–Crippen LogP) is 2.94. The fourth-order valence-corrected chi connectivity index (χ4v) is 1.83. The van der Waals surface area contributed by atoms with E-state index in [9.17, 15) is 0 Å². The van der Waals surface area contributed by atoms with Crippen molar-refractivity contribution in [3.63, 3.8) is 0 Å². The number of ether oxygens (including phenoxy) is 2. The molecular weight excluding hydrogens is 188 g/mol. The van der Waals surface area contributed by atoms with Crippen molar-refractivity contribution in [1.29, 1.82) is 0 Å². The highest BCUT2D eigenvalue weighted by Crippen LogP contribution is 2.20. The van der Waals surface area contributed by atoms with Crippen LogP contribution in [-0.4, -0.2) is 18.8 Å². The van der Waals surface area contributed by atoms with Crippen molar-refractivity contribution in [2.45, 2.75) is 38.9 Å². The third-order valence-electron chi connectivity index (χ3n) is 2.78. The minimum absolute atomic E-state index is 0.279. The van der Waals surface area contributed by atoms with Gasteiger partial charge in [-0.25, -0.2) is 0 Å². The van der Waals surface area contributed by atoms with E-state index in [-0.39, 0.29) is 6.10 Å². The van der Waals surface area contributed by atoms with Gasteiger partial charge in [0, 0.05) is 0 Å². The van der Waals surface area contributed by atoms with Crippen LogP contribution in [-0.2, 0) is 4.74 Å². The number of aryl methyl sites for hydroxylation is 1. The van der Waals surface area contributed by atoms with Crippen LogP contribution >= 0.6 is 0 Å². The Morgan fingerprint density at radius 1 is 1.27 bits per heavy atom. The van der Waals surface area contributed by atoms with Crippen LogP contribution in [0.15, 0.2) is 24.3 Å².